The predicted molar refractivity (Wildman–Crippen MR) is 63.9 cm³/mol. The number of carbonyl (C=O) groups is 2. The van der Waals surface area contributed by atoms with Crippen molar-refractivity contribution >= 4 is 11.8 Å². The van der Waals surface area contributed by atoms with E-state index in [1.807, 2.05) is 12.1 Å². The Hall–Kier alpha value is -2.19. The number of rotatable bonds is 3. The van der Waals surface area contributed by atoms with E-state index in [1.54, 1.807) is 24.3 Å². The highest BCUT2D eigenvalue weighted by molar-refractivity contribution is 6.02. The highest BCUT2D eigenvalue weighted by Gasteiger charge is 2.37. The Kier molecular flexibility index (Phi) is 3.13. The van der Waals surface area contributed by atoms with Gasteiger partial charge in [0.15, 0.2) is 0 Å². The molecule has 1 fully saturated rings. The summed E-state index contributed by atoms with van der Waals surface area (Å²) in [7, 11) is 0. The molecule has 1 atom stereocenters. The SMILES string of the molecule is N#CC(N)(CN1C(=O)CCC1=O)c1ccccc1. The molecule has 1 aromatic rings. The van der Waals surface area contributed by atoms with Gasteiger partial charge in [0, 0.05) is 12.8 Å². The van der Waals surface area contributed by atoms with E-state index in [4.69, 9.17) is 5.73 Å². The Morgan fingerprint density at radius 3 is 2.28 bits per heavy atom. The Bertz CT molecular complexity index is 505. The van der Waals surface area contributed by atoms with Crippen molar-refractivity contribution in [2.75, 3.05) is 6.54 Å². The number of imide groups is 1. The lowest BCUT2D eigenvalue weighted by molar-refractivity contribution is -0.139. The fraction of sp³-hybridized carbons (Fsp3) is 0.308. The minimum atomic E-state index is -1.35. The van der Waals surface area contributed by atoms with E-state index in [-0.39, 0.29) is 31.2 Å². The number of carbonyl (C=O) groups excluding carboxylic acids is 2. The second-order valence-electron chi connectivity index (χ2n) is 4.32. The minimum Gasteiger partial charge on any atom is -0.308 e. The van der Waals surface area contributed by atoms with E-state index >= 15 is 0 Å². The summed E-state index contributed by atoms with van der Waals surface area (Å²) in [6.07, 6.45) is 0.407. The molecule has 92 valence electrons. The molecule has 0 bridgehead atoms. The lowest BCUT2D eigenvalue weighted by atomic mass is 9.92. The zero-order valence-corrected chi connectivity index (χ0v) is 9.80. The van der Waals surface area contributed by atoms with Crippen LogP contribution in [0.4, 0.5) is 0 Å². The van der Waals surface area contributed by atoms with Crippen LogP contribution in [0.25, 0.3) is 0 Å². The number of nitrogens with two attached hydrogens (primary N) is 1. The molecule has 0 saturated carbocycles. The maximum atomic E-state index is 11.5. The Balaban J connectivity index is 2.27. The third-order valence-corrected chi connectivity index (χ3v) is 3.05. The van der Waals surface area contributed by atoms with Crippen molar-refractivity contribution in [1.29, 1.82) is 5.26 Å². The highest BCUT2D eigenvalue weighted by atomic mass is 16.2. The molecule has 2 amide bonds. The number of nitrogens with zero attached hydrogens (tertiary/aromatic N) is 2. The van der Waals surface area contributed by atoms with Crippen molar-refractivity contribution in [1.82, 2.24) is 4.90 Å². The standard InChI is InChI=1S/C13H13N3O2/c14-8-13(15,10-4-2-1-3-5-10)9-16-11(17)6-7-12(16)18/h1-5H,6-7,9,15H2. The van der Waals surface area contributed by atoms with Gasteiger partial charge in [-0.15, -0.1) is 0 Å². The summed E-state index contributed by atoms with van der Waals surface area (Å²) in [6.45, 7) is -0.0921. The summed E-state index contributed by atoms with van der Waals surface area (Å²) >= 11 is 0. The van der Waals surface area contributed by atoms with Crippen LogP contribution in [0.1, 0.15) is 18.4 Å². The molecule has 0 aliphatic carbocycles. The summed E-state index contributed by atoms with van der Waals surface area (Å²) in [5.74, 6) is -0.526. The Morgan fingerprint density at radius 1 is 1.22 bits per heavy atom. The van der Waals surface area contributed by atoms with Crippen LogP contribution < -0.4 is 5.73 Å². The number of likely N-dealkylation sites (tertiary alicyclic amines) is 1. The number of nitriles is 1. The molecule has 1 aliphatic rings. The van der Waals surface area contributed by atoms with Crippen LogP contribution in [0.3, 0.4) is 0 Å². The summed E-state index contributed by atoms with van der Waals surface area (Å²) < 4.78 is 0. The average Bonchev–Trinajstić information content (AvgIpc) is 2.71. The smallest absolute Gasteiger partial charge is 0.229 e. The molecule has 2 N–H and O–H groups in total. The zero-order chi connectivity index (χ0) is 13.2. The largest absolute Gasteiger partial charge is 0.308 e. The van der Waals surface area contributed by atoms with Gasteiger partial charge < -0.3 is 5.73 Å². The second-order valence-corrected chi connectivity index (χ2v) is 4.32. The zero-order valence-electron chi connectivity index (χ0n) is 9.80. The summed E-state index contributed by atoms with van der Waals surface area (Å²) in [5, 5.41) is 9.25. The molecule has 0 radical (unpaired) electrons. The fourth-order valence-electron chi connectivity index (χ4n) is 1.98. The van der Waals surface area contributed by atoms with Crippen LogP contribution >= 0.6 is 0 Å². The predicted octanol–water partition coefficient (Wildman–Crippen LogP) is 0.513. The first-order chi connectivity index (χ1) is 8.57. The molecule has 2 rings (SSSR count). The molecule has 5 heteroatoms. The van der Waals surface area contributed by atoms with Gasteiger partial charge in [0.25, 0.3) is 0 Å². The van der Waals surface area contributed by atoms with Gasteiger partial charge in [0.05, 0.1) is 12.6 Å². The number of hydrogen-bond acceptors (Lipinski definition) is 4. The molecule has 1 aliphatic heterocycles. The molecular formula is C13H13N3O2. The molecule has 1 unspecified atom stereocenters. The van der Waals surface area contributed by atoms with Gasteiger partial charge >= 0.3 is 0 Å². The molecule has 0 aromatic heterocycles. The van der Waals surface area contributed by atoms with Gasteiger partial charge in [-0.3, -0.25) is 14.5 Å². The molecule has 5 nitrogen and oxygen atoms in total. The van der Waals surface area contributed by atoms with E-state index in [1.165, 1.54) is 0 Å². The average molecular weight is 243 g/mol. The van der Waals surface area contributed by atoms with Crippen molar-refractivity contribution in [3.05, 3.63) is 35.9 Å². The Labute approximate surface area is 105 Å². The van der Waals surface area contributed by atoms with E-state index in [0.29, 0.717) is 5.56 Å². The van der Waals surface area contributed by atoms with Gasteiger partial charge in [0.2, 0.25) is 11.8 Å². The van der Waals surface area contributed by atoms with Crippen molar-refractivity contribution < 1.29 is 9.59 Å². The monoisotopic (exact) mass is 243 g/mol. The number of benzene rings is 1. The maximum Gasteiger partial charge on any atom is 0.229 e. The summed E-state index contributed by atoms with van der Waals surface area (Å²) in [5.41, 5.74) is 5.26. The van der Waals surface area contributed by atoms with Crippen LogP contribution in [0, 0.1) is 11.3 Å². The van der Waals surface area contributed by atoms with Gasteiger partial charge in [0.1, 0.15) is 5.54 Å². The van der Waals surface area contributed by atoms with Gasteiger partial charge in [-0.1, -0.05) is 30.3 Å². The normalized spacial score (nSPS) is 18.6. The van der Waals surface area contributed by atoms with Crippen LogP contribution in [-0.4, -0.2) is 23.3 Å². The van der Waals surface area contributed by atoms with E-state index < -0.39 is 5.54 Å². The van der Waals surface area contributed by atoms with E-state index in [9.17, 15) is 14.9 Å². The first-order valence-corrected chi connectivity index (χ1v) is 5.66. The van der Waals surface area contributed by atoms with E-state index in [2.05, 4.69) is 0 Å². The quantitative estimate of drug-likeness (QED) is 0.784. The van der Waals surface area contributed by atoms with Crippen LogP contribution in [-0.2, 0) is 15.1 Å². The summed E-state index contributed by atoms with van der Waals surface area (Å²) in [6, 6.07) is 10.8. The third kappa shape index (κ3) is 2.11. The second kappa shape index (κ2) is 4.59. The lowest BCUT2D eigenvalue weighted by Crippen LogP contribution is -2.48. The molecular weight excluding hydrogens is 230 g/mol. The molecule has 1 heterocycles. The third-order valence-electron chi connectivity index (χ3n) is 3.05. The van der Waals surface area contributed by atoms with Gasteiger partial charge in [-0.25, -0.2) is 0 Å². The molecule has 18 heavy (non-hydrogen) atoms. The van der Waals surface area contributed by atoms with Crippen molar-refractivity contribution in [3.8, 4) is 6.07 Å². The molecule has 1 saturated heterocycles. The van der Waals surface area contributed by atoms with Gasteiger partial charge in [-0.05, 0) is 5.56 Å². The molecule has 1 aromatic carbocycles. The summed E-state index contributed by atoms with van der Waals surface area (Å²) in [4.78, 5) is 24.2. The highest BCUT2D eigenvalue weighted by Crippen LogP contribution is 2.22. The van der Waals surface area contributed by atoms with Crippen molar-refractivity contribution in [2.45, 2.75) is 18.4 Å². The fourth-order valence-corrected chi connectivity index (χ4v) is 1.98. The minimum absolute atomic E-state index is 0.0921. The topological polar surface area (TPSA) is 87.2 Å². The Morgan fingerprint density at radius 2 is 1.78 bits per heavy atom. The lowest BCUT2D eigenvalue weighted by Gasteiger charge is -2.26. The van der Waals surface area contributed by atoms with Crippen LogP contribution in [0.5, 0.6) is 0 Å². The van der Waals surface area contributed by atoms with Crippen molar-refractivity contribution in [2.24, 2.45) is 5.73 Å². The maximum absolute atomic E-state index is 11.5. The van der Waals surface area contributed by atoms with Gasteiger partial charge in [-0.2, -0.15) is 5.26 Å². The number of amides is 2. The van der Waals surface area contributed by atoms with Crippen molar-refractivity contribution in [3.63, 3.8) is 0 Å². The van der Waals surface area contributed by atoms with E-state index in [0.717, 1.165) is 4.90 Å². The first kappa shape index (κ1) is 12.3. The number of hydrogen-bond donors (Lipinski definition) is 1. The first-order valence-electron chi connectivity index (χ1n) is 5.66. The van der Waals surface area contributed by atoms with Crippen LogP contribution in [0.15, 0.2) is 30.3 Å². The molecule has 0 spiro atoms. The van der Waals surface area contributed by atoms with Crippen LogP contribution in [0.2, 0.25) is 0 Å².